The first-order valence-corrected chi connectivity index (χ1v) is 10.1. The summed E-state index contributed by atoms with van der Waals surface area (Å²) in [5, 5.41) is 0. The molecule has 2 fully saturated rings. The molecule has 7 heteroatoms. The molecule has 0 spiro atoms. The second-order valence-electron chi connectivity index (χ2n) is 7.76. The number of carbonyl (C=O) groups is 1. The maximum atomic E-state index is 13.0. The molecular formula is C22H27FN2O4. The van der Waals surface area contributed by atoms with Gasteiger partial charge in [0, 0.05) is 19.1 Å². The molecule has 156 valence electrons. The molecule has 2 aromatic rings. The van der Waals surface area contributed by atoms with Crippen molar-refractivity contribution in [1.29, 1.82) is 0 Å². The van der Waals surface area contributed by atoms with Crippen LogP contribution in [0.2, 0.25) is 0 Å². The first-order chi connectivity index (χ1) is 14.1. The SMILES string of the molecule is Cc1ccc(CN2CCC(N3CC(COc4ccc(F)cc4)OCC3=O)CC2)o1. The summed E-state index contributed by atoms with van der Waals surface area (Å²) in [6.45, 7) is 5.59. The van der Waals surface area contributed by atoms with Gasteiger partial charge in [-0.25, -0.2) is 4.39 Å². The fourth-order valence-electron chi connectivity index (χ4n) is 4.00. The van der Waals surface area contributed by atoms with Crippen molar-refractivity contribution in [2.45, 2.75) is 38.5 Å². The highest BCUT2D eigenvalue weighted by atomic mass is 19.1. The maximum Gasteiger partial charge on any atom is 0.248 e. The zero-order valence-electron chi connectivity index (χ0n) is 16.7. The van der Waals surface area contributed by atoms with Gasteiger partial charge in [0.15, 0.2) is 0 Å². The Kier molecular flexibility index (Phi) is 6.16. The van der Waals surface area contributed by atoms with Gasteiger partial charge in [-0.05, 0) is 56.2 Å². The predicted molar refractivity (Wildman–Crippen MR) is 105 cm³/mol. The summed E-state index contributed by atoms with van der Waals surface area (Å²) >= 11 is 0. The highest BCUT2D eigenvalue weighted by molar-refractivity contribution is 5.78. The predicted octanol–water partition coefficient (Wildman–Crippen LogP) is 3.00. The Morgan fingerprint density at radius 3 is 2.59 bits per heavy atom. The van der Waals surface area contributed by atoms with Gasteiger partial charge in [0.25, 0.3) is 0 Å². The number of aryl methyl sites for hydroxylation is 1. The lowest BCUT2D eigenvalue weighted by molar-refractivity contribution is -0.155. The Bertz CT molecular complexity index is 814. The second-order valence-corrected chi connectivity index (χ2v) is 7.76. The number of morpholine rings is 1. The van der Waals surface area contributed by atoms with Crippen LogP contribution in [0, 0.1) is 12.7 Å². The van der Waals surface area contributed by atoms with Gasteiger partial charge in [-0.2, -0.15) is 0 Å². The minimum absolute atomic E-state index is 0.0446. The Morgan fingerprint density at radius 2 is 1.90 bits per heavy atom. The molecule has 3 heterocycles. The monoisotopic (exact) mass is 402 g/mol. The van der Waals surface area contributed by atoms with E-state index in [2.05, 4.69) is 4.90 Å². The van der Waals surface area contributed by atoms with Crippen LogP contribution in [0.25, 0.3) is 0 Å². The third-order valence-electron chi connectivity index (χ3n) is 5.59. The van der Waals surface area contributed by atoms with Crippen molar-refractivity contribution in [3.05, 3.63) is 53.7 Å². The molecular weight excluding hydrogens is 375 g/mol. The summed E-state index contributed by atoms with van der Waals surface area (Å²) in [5.74, 6) is 2.27. The van der Waals surface area contributed by atoms with Crippen molar-refractivity contribution in [3.8, 4) is 5.75 Å². The molecule has 2 saturated heterocycles. The number of hydrogen-bond donors (Lipinski definition) is 0. The summed E-state index contributed by atoms with van der Waals surface area (Å²) in [6, 6.07) is 10.2. The van der Waals surface area contributed by atoms with Gasteiger partial charge < -0.3 is 18.8 Å². The van der Waals surface area contributed by atoms with Gasteiger partial charge in [-0.1, -0.05) is 0 Å². The van der Waals surface area contributed by atoms with E-state index >= 15 is 0 Å². The van der Waals surface area contributed by atoms with Gasteiger partial charge >= 0.3 is 0 Å². The highest BCUT2D eigenvalue weighted by Gasteiger charge is 2.34. The van der Waals surface area contributed by atoms with Crippen LogP contribution in [0.15, 0.2) is 40.8 Å². The third-order valence-corrected chi connectivity index (χ3v) is 5.59. The molecule has 1 atom stereocenters. The molecule has 2 aliphatic heterocycles. The fraction of sp³-hybridized carbons (Fsp3) is 0.500. The van der Waals surface area contributed by atoms with Crippen LogP contribution in [0.4, 0.5) is 4.39 Å². The van der Waals surface area contributed by atoms with E-state index in [0.717, 1.165) is 44.0 Å². The number of amides is 1. The normalized spacial score (nSPS) is 21.5. The van der Waals surface area contributed by atoms with Crippen LogP contribution in [0.1, 0.15) is 24.4 Å². The Labute approximate surface area is 170 Å². The molecule has 1 aromatic heterocycles. The van der Waals surface area contributed by atoms with Crippen LogP contribution < -0.4 is 4.74 Å². The first kappa shape index (κ1) is 19.9. The van der Waals surface area contributed by atoms with Crippen LogP contribution in [0.5, 0.6) is 5.75 Å². The third kappa shape index (κ3) is 5.16. The number of halogens is 1. The Hall–Kier alpha value is -2.38. The van der Waals surface area contributed by atoms with Crippen molar-refractivity contribution in [2.24, 2.45) is 0 Å². The number of hydrogen-bond acceptors (Lipinski definition) is 5. The van der Waals surface area contributed by atoms with Crippen molar-refractivity contribution in [2.75, 3.05) is 32.8 Å². The lowest BCUT2D eigenvalue weighted by Gasteiger charge is -2.42. The number of nitrogens with zero attached hydrogens (tertiary/aromatic N) is 2. The summed E-state index contributed by atoms with van der Waals surface area (Å²) in [5.41, 5.74) is 0. The average molecular weight is 402 g/mol. The highest BCUT2D eigenvalue weighted by Crippen LogP contribution is 2.22. The van der Waals surface area contributed by atoms with Gasteiger partial charge in [0.1, 0.15) is 42.4 Å². The van der Waals surface area contributed by atoms with E-state index in [1.165, 1.54) is 12.1 Å². The Balaban J connectivity index is 1.26. The molecule has 2 aliphatic rings. The van der Waals surface area contributed by atoms with Gasteiger partial charge in [-0.3, -0.25) is 9.69 Å². The molecule has 1 amide bonds. The maximum absolute atomic E-state index is 13.0. The van der Waals surface area contributed by atoms with Crippen LogP contribution in [0.3, 0.4) is 0 Å². The zero-order chi connectivity index (χ0) is 20.2. The molecule has 1 aromatic carbocycles. The minimum Gasteiger partial charge on any atom is -0.491 e. The molecule has 4 rings (SSSR count). The summed E-state index contributed by atoms with van der Waals surface area (Å²) < 4.78 is 30.0. The van der Waals surface area contributed by atoms with Gasteiger partial charge in [0.2, 0.25) is 5.91 Å². The fourth-order valence-corrected chi connectivity index (χ4v) is 4.00. The quantitative estimate of drug-likeness (QED) is 0.744. The van der Waals surface area contributed by atoms with Crippen LogP contribution >= 0.6 is 0 Å². The lowest BCUT2D eigenvalue weighted by Crippen LogP contribution is -2.55. The molecule has 0 saturated carbocycles. The van der Waals surface area contributed by atoms with E-state index in [0.29, 0.717) is 18.9 Å². The average Bonchev–Trinajstić information content (AvgIpc) is 3.14. The Morgan fingerprint density at radius 1 is 1.14 bits per heavy atom. The number of likely N-dealkylation sites (tertiary alicyclic amines) is 1. The van der Waals surface area contributed by atoms with Crippen LogP contribution in [-0.4, -0.2) is 60.7 Å². The topological polar surface area (TPSA) is 55.2 Å². The van der Waals surface area contributed by atoms with Crippen molar-refractivity contribution < 1.29 is 23.1 Å². The second kappa shape index (κ2) is 8.97. The molecule has 1 unspecified atom stereocenters. The zero-order valence-corrected chi connectivity index (χ0v) is 16.7. The van der Waals surface area contributed by atoms with E-state index in [-0.39, 0.29) is 30.5 Å². The number of carbonyl (C=O) groups excluding carboxylic acids is 1. The van der Waals surface area contributed by atoms with E-state index in [9.17, 15) is 9.18 Å². The van der Waals surface area contributed by atoms with E-state index < -0.39 is 0 Å². The standard InChI is InChI=1S/C22H27FN2O4/c1-16-2-5-20(29-16)12-24-10-8-18(9-11-24)25-13-21(28-15-22(25)26)14-27-19-6-3-17(23)4-7-19/h2-7,18,21H,8-15H2,1H3. The number of benzene rings is 1. The largest absolute Gasteiger partial charge is 0.491 e. The minimum atomic E-state index is -0.295. The first-order valence-electron chi connectivity index (χ1n) is 10.1. The number of furan rings is 1. The summed E-state index contributed by atoms with van der Waals surface area (Å²) in [6.07, 6.45) is 1.70. The van der Waals surface area contributed by atoms with Gasteiger partial charge in [0.05, 0.1) is 13.1 Å². The van der Waals surface area contributed by atoms with Crippen LogP contribution in [-0.2, 0) is 16.1 Å². The summed E-state index contributed by atoms with van der Waals surface area (Å²) in [7, 11) is 0. The summed E-state index contributed by atoms with van der Waals surface area (Å²) in [4.78, 5) is 16.7. The van der Waals surface area contributed by atoms with Crippen molar-refractivity contribution in [1.82, 2.24) is 9.80 Å². The molecule has 0 N–H and O–H groups in total. The van der Waals surface area contributed by atoms with E-state index in [1.54, 1.807) is 12.1 Å². The van der Waals surface area contributed by atoms with E-state index in [4.69, 9.17) is 13.9 Å². The van der Waals surface area contributed by atoms with Crippen molar-refractivity contribution >= 4 is 5.91 Å². The molecule has 0 aliphatic carbocycles. The van der Waals surface area contributed by atoms with Crippen molar-refractivity contribution in [3.63, 3.8) is 0 Å². The van der Waals surface area contributed by atoms with E-state index in [1.807, 2.05) is 24.0 Å². The molecule has 29 heavy (non-hydrogen) atoms. The number of rotatable bonds is 6. The molecule has 6 nitrogen and oxygen atoms in total. The van der Waals surface area contributed by atoms with Gasteiger partial charge in [-0.15, -0.1) is 0 Å². The number of ether oxygens (including phenoxy) is 2. The molecule has 0 bridgehead atoms. The molecule has 0 radical (unpaired) electrons. The smallest absolute Gasteiger partial charge is 0.248 e. The lowest BCUT2D eigenvalue weighted by atomic mass is 10.0. The number of piperidine rings is 1.